The second-order valence-electron chi connectivity index (χ2n) is 5.80. The van der Waals surface area contributed by atoms with Gasteiger partial charge in [-0.3, -0.25) is 0 Å². The number of benzene rings is 1. The first-order valence-electron chi connectivity index (χ1n) is 7.59. The number of nitrogens with zero attached hydrogens (tertiary/aromatic N) is 1. The van der Waals surface area contributed by atoms with Gasteiger partial charge in [-0.25, -0.2) is 0 Å². The van der Waals surface area contributed by atoms with Crippen molar-refractivity contribution < 1.29 is 5.11 Å². The second kappa shape index (κ2) is 5.93. The molecule has 1 aliphatic heterocycles. The van der Waals surface area contributed by atoms with Crippen LogP contribution in [0, 0.1) is 0 Å². The van der Waals surface area contributed by atoms with E-state index in [2.05, 4.69) is 16.3 Å². The topological polar surface area (TPSA) is 35.5 Å². The Hall–Kier alpha value is -1.06. The Balaban J connectivity index is 1.66. The molecule has 3 rings (SSSR count). The van der Waals surface area contributed by atoms with E-state index in [9.17, 15) is 5.11 Å². The number of aryl methyl sites for hydroxylation is 2. The summed E-state index contributed by atoms with van der Waals surface area (Å²) in [6.07, 6.45) is 5.87. The number of piperazine rings is 1. The number of aromatic hydroxyl groups is 1. The molecule has 2 aliphatic rings. The Morgan fingerprint density at radius 1 is 1.05 bits per heavy atom. The fraction of sp³-hybridized carbons (Fsp3) is 0.625. The minimum absolute atomic E-state index is 0.510. The fourth-order valence-corrected chi connectivity index (χ4v) is 3.24. The largest absolute Gasteiger partial charge is 0.508 e. The molecule has 1 saturated heterocycles. The van der Waals surface area contributed by atoms with Gasteiger partial charge in [-0.1, -0.05) is 6.07 Å². The van der Waals surface area contributed by atoms with Gasteiger partial charge in [0.05, 0.1) is 0 Å². The summed E-state index contributed by atoms with van der Waals surface area (Å²) in [5, 5.41) is 13.5. The van der Waals surface area contributed by atoms with Gasteiger partial charge in [0.15, 0.2) is 0 Å². The van der Waals surface area contributed by atoms with Crippen LogP contribution in [0.2, 0.25) is 0 Å². The van der Waals surface area contributed by atoms with Gasteiger partial charge in [0.25, 0.3) is 0 Å². The zero-order valence-corrected chi connectivity index (χ0v) is 11.6. The Labute approximate surface area is 115 Å². The predicted octanol–water partition coefficient (Wildman–Crippen LogP) is 1.72. The van der Waals surface area contributed by atoms with Crippen LogP contribution >= 0.6 is 0 Å². The highest BCUT2D eigenvalue weighted by atomic mass is 16.3. The standard InChI is InChI=1S/C16H24N2O/c19-16-12-14-4-2-1-3-13(14)11-15(16)5-8-18-9-6-17-7-10-18/h11-12,17,19H,1-10H2. The first-order chi connectivity index (χ1) is 9.33. The second-order valence-corrected chi connectivity index (χ2v) is 5.80. The Morgan fingerprint density at radius 2 is 1.74 bits per heavy atom. The summed E-state index contributed by atoms with van der Waals surface area (Å²) in [5.41, 5.74) is 3.98. The molecule has 104 valence electrons. The van der Waals surface area contributed by atoms with Crippen molar-refractivity contribution in [1.82, 2.24) is 10.2 Å². The van der Waals surface area contributed by atoms with Crippen LogP contribution in [0.4, 0.5) is 0 Å². The van der Waals surface area contributed by atoms with Crippen LogP contribution in [0.15, 0.2) is 12.1 Å². The number of phenols is 1. The van der Waals surface area contributed by atoms with Crippen LogP contribution in [0.25, 0.3) is 0 Å². The first kappa shape index (κ1) is 12.9. The molecule has 1 fully saturated rings. The lowest BCUT2D eigenvalue weighted by atomic mass is 9.89. The molecule has 0 aromatic heterocycles. The summed E-state index contributed by atoms with van der Waals surface area (Å²) in [7, 11) is 0. The van der Waals surface area contributed by atoms with E-state index in [4.69, 9.17) is 0 Å². The lowest BCUT2D eigenvalue weighted by molar-refractivity contribution is 0.243. The molecule has 3 heteroatoms. The number of hydrogen-bond acceptors (Lipinski definition) is 3. The van der Waals surface area contributed by atoms with Crippen molar-refractivity contribution >= 4 is 0 Å². The minimum Gasteiger partial charge on any atom is -0.508 e. The molecule has 0 atom stereocenters. The van der Waals surface area contributed by atoms with Crippen molar-refractivity contribution in [1.29, 1.82) is 0 Å². The average Bonchev–Trinajstić information content (AvgIpc) is 2.46. The highest BCUT2D eigenvalue weighted by Gasteiger charge is 2.14. The van der Waals surface area contributed by atoms with E-state index in [-0.39, 0.29) is 0 Å². The van der Waals surface area contributed by atoms with E-state index in [1.165, 1.54) is 30.4 Å². The highest BCUT2D eigenvalue weighted by molar-refractivity contribution is 5.43. The summed E-state index contributed by atoms with van der Waals surface area (Å²) < 4.78 is 0. The van der Waals surface area contributed by atoms with Crippen LogP contribution in [0.1, 0.15) is 29.5 Å². The molecule has 2 N–H and O–H groups in total. The van der Waals surface area contributed by atoms with Crippen molar-refractivity contribution in [3.63, 3.8) is 0 Å². The third-order valence-electron chi connectivity index (χ3n) is 4.45. The molecular formula is C16H24N2O. The third kappa shape index (κ3) is 3.10. The maximum atomic E-state index is 10.2. The molecule has 0 saturated carbocycles. The molecule has 0 unspecified atom stereocenters. The summed E-state index contributed by atoms with van der Waals surface area (Å²) in [4.78, 5) is 2.48. The Bertz CT molecular complexity index is 439. The van der Waals surface area contributed by atoms with Gasteiger partial charge in [-0.05, 0) is 54.9 Å². The number of phenolic OH excluding ortho intramolecular Hbond substituents is 1. The molecule has 1 aromatic rings. The quantitative estimate of drug-likeness (QED) is 0.868. The van der Waals surface area contributed by atoms with Gasteiger partial charge in [0.2, 0.25) is 0 Å². The van der Waals surface area contributed by atoms with E-state index in [1.807, 2.05) is 6.07 Å². The fourth-order valence-electron chi connectivity index (χ4n) is 3.24. The molecule has 3 nitrogen and oxygen atoms in total. The molecule has 0 spiro atoms. The maximum Gasteiger partial charge on any atom is 0.119 e. The average molecular weight is 260 g/mol. The van der Waals surface area contributed by atoms with E-state index < -0.39 is 0 Å². The van der Waals surface area contributed by atoms with Gasteiger partial charge < -0.3 is 15.3 Å². The minimum atomic E-state index is 0.510. The van der Waals surface area contributed by atoms with Crippen molar-refractivity contribution in [3.8, 4) is 5.75 Å². The summed E-state index contributed by atoms with van der Waals surface area (Å²) >= 11 is 0. The summed E-state index contributed by atoms with van der Waals surface area (Å²) in [6, 6.07) is 4.27. The lowest BCUT2D eigenvalue weighted by Crippen LogP contribution is -2.44. The van der Waals surface area contributed by atoms with Crippen molar-refractivity contribution in [3.05, 3.63) is 28.8 Å². The molecule has 1 aliphatic carbocycles. The van der Waals surface area contributed by atoms with Crippen molar-refractivity contribution in [2.45, 2.75) is 32.1 Å². The maximum absolute atomic E-state index is 10.2. The first-order valence-corrected chi connectivity index (χ1v) is 7.59. The normalized spacial score (nSPS) is 20.2. The van der Waals surface area contributed by atoms with E-state index in [0.29, 0.717) is 5.75 Å². The number of rotatable bonds is 3. The zero-order valence-electron chi connectivity index (χ0n) is 11.6. The van der Waals surface area contributed by atoms with Gasteiger partial charge in [0.1, 0.15) is 5.75 Å². The van der Waals surface area contributed by atoms with Crippen LogP contribution in [0.3, 0.4) is 0 Å². The molecule has 1 aromatic carbocycles. The van der Waals surface area contributed by atoms with E-state index in [1.54, 1.807) is 0 Å². The van der Waals surface area contributed by atoms with Crippen molar-refractivity contribution in [2.75, 3.05) is 32.7 Å². The molecular weight excluding hydrogens is 236 g/mol. The van der Waals surface area contributed by atoms with Crippen LogP contribution < -0.4 is 5.32 Å². The highest BCUT2D eigenvalue weighted by Crippen LogP contribution is 2.28. The zero-order chi connectivity index (χ0) is 13.1. The monoisotopic (exact) mass is 260 g/mol. The Morgan fingerprint density at radius 3 is 2.47 bits per heavy atom. The van der Waals surface area contributed by atoms with Gasteiger partial charge in [-0.2, -0.15) is 0 Å². The molecule has 1 heterocycles. The van der Waals surface area contributed by atoms with Crippen LogP contribution in [-0.4, -0.2) is 42.7 Å². The molecule has 0 radical (unpaired) electrons. The van der Waals surface area contributed by atoms with Gasteiger partial charge >= 0.3 is 0 Å². The SMILES string of the molecule is Oc1cc2c(cc1CCN1CCNCC1)CCCC2. The number of nitrogens with one attached hydrogen (secondary N) is 1. The van der Waals surface area contributed by atoms with Crippen molar-refractivity contribution in [2.24, 2.45) is 0 Å². The molecule has 0 bridgehead atoms. The number of fused-ring (bicyclic) bond motifs is 1. The van der Waals surface area contributed by atoms with E-state index >= 15 is 0 Å². The number of hydrogen-bond donors (Lipinski definition) is 2. The predicted molar refractivity (Wildman–Crippen MR) is 77.8 cm³/mol. The van der Waals surface area contributed by atoms with Gasteiger partial charge in [-0.15, -0.1) is 0 Å². The van der Waals surface area contributed by atoms with Crippen LogP contribution in [0.5, 0.6) is 5.75 Å². The van der Waals surface area contributed by atoms with E-state index in [0.717, 1.165) is 51.1 Å². The summed E-state index contributed by atoms with van der Waals surface area (Å²) in [6.45, 7) is 5.51. The summed E-state index contributed by atoms with van der Waals surface area (Å²) in [5.74, 6) is 0.510. The molecule has 0 amide bonds. The van der Waals surface area contributed by atoms with Gasteiger partial charge in [0, 0.05) is 32.7 Å². The molecule has 19 heavy (non-hydrogen) atoms. The lowest BCUT2D eigenvalue weighted by Gasteiger charge is -2.27. The van der Waals surface area contributed by atoms with Crippen LogP contribution in [-0.2, 0) is 19.3 Å². The third-order valence-corrected chi connectivity index (χ3v) is 4.45. The smallest absolute Gasteiger partial charge is 0.119 e. The Kier molecular flexibility index (Phi) is 4.04.